The molecule has 0 N–H and O–H groups in total. The average molecular weight is 772 g/mol. The Balaban J connectivity index is 1.35. The second kappa shape index (κ2) is 15.3. The molecule has 0 unspecified atom stereocenters. The number of hydrogen-bond donors (Lipinski definition) is 0. The van der Waals surface area contributed by atoms with Crippen molar-refractivity contribution in [3.63, 3.8) is 0 Å². The summed E-state index contributed by atoms with van der Waals surface area (Å²) in [4.78, 5) is 33.2. The lowest BCUT2D eigenvalue weighted by atomic mass is 9.90. The van der Waals surface area contributed by atoms with Crippen LogP contribution in [0.2, 0.25) is 10.1 Å². The van der Waals surface area contributed by atoms with Crippen molar-refractivity contribution in [2.45, 2.75) is 70.4 Å². The van der Waals surface area contributed by atoms with Crippen LogP contribution in [0.1, 0.15) is 90.1 Å². The molecular weight excluding hydrogens is 729 g/mol. The van der Waals surface area contributed by atoms with Crippen LogP contribution in [0, 0.1) is 23.1 Å². The third kappa shape index (κ3) is 6.93. The molecule has 280 valence electrons. The molecule has 0 saturated heterocycles. The average Bonchev–Trinajstić information content (AvgIpc) is 3.72. The minimum Gasteiger partial charge on any atom is -0.407 e. The molecule has 0 spiro atoms. The predicted octanol–water partition coefficient (Wildman–Crippen LogP) is 8.57. The van der Waals surface area contributed by atoms with Gasteiger partial charge in [-0.25, -0.2) is 4.39 Å². The molecule has 1 saturated carbocycles. The minimum absolute atomic E-state index is 0.0389. The number of fused-ring (bicyclic) bond motifs is 1. The van der Waals surface area contributed by atoms with Crippen molar-refractivity contribution in [3.8, 4) is 6.07 Å². The molecule has 0 radical (unpaired) electrons. The van der Waals surface area contributed by atoms with E-state index in [1.165, 1.54) is 40.5 Å². The number of hydrogen-bond acceptors (Lipinski definition) is 6. The van der Waals surface area contributed by atoms with Gasteiger partial charge in [0, 0.05) is 34.9 Å². The van der Waals surface area contributed by atoms with Crippen LogP contribution in [0.15, 0.2) is 115 Å². The summed E-state index contributed by atoms with van der Waals surface area (Å²) in [5.74, 6) is -1.69. The molecule has 7 rings (SSSR count). The van der Waals surface area contributed by atoms with Gasteiger partial charge in [0.2, 0.25) is 5.72 Å². The fraction of sp³-hybridized carbons (Fsp3) is 0.289. The molecule has 3 atom stereocenters. The number of benzene rings is 4. The van der Waals surface area contributed by atoms with E-state index in [9.17, 15) is 14.9 Å². The van der Waals surface area contributed by atoms with E-state index in [1.54, 1.807) is 36.4 Å². The SMILES string of the molecule is CC(=O)c1cc(F)c2c(c1)C(=O)N(Cc1ccc(C#N)cn1)[C@@]2(O[C@H]1CCC[C@H]1CO[Si](c1ccccc1)(c1ccccc1)C(C)(C)C)c1ccc(Cl)cc1. The van der Waals surface area contributed by atoms with Crippen molar-refractivity contribution in [2.75, 3.05) is 6.61 Å². The van der Waals surface area contributed by atoms with Gasteiger partial charge in [0.15, 0.2) is 5.78 Å². The first kappa shape index (κ1) is 38.3. The van der Waals surface area contributed by atoms with E-state index < -0.39 is 31.9 Å². The maximum Gasteiger partial charge on any atom is 0.261 e. The molecule has 1 aliphatic carbocycles. The smallest absolute Gasteiger partial charge is 0.261 e. The lowest BCUT2D eigenvalue weighted by Gasteiger charge is -2.45. The van der Waals surface area contributed by atoms with Crippen molar-refractivity contribution in [1.29, 1.82) is 5.26 Å². The summed E-state index contributed by atoms with van der Waals surface area (Å²) in [6.45, 7) is 8.39. The van der Waals surface area contributed by atoms with Gasteiger partial charge in [-0.15, -0.1) is 0 Å². The van der Waals surface area contributed by atoms with Gasteiger partial charge >= 0.3 is 0 Å². The monoisotopic (exact) mass is 771 g/mol. The van der Waals surface area contributed by atoms with Crippen LogP contribution in [0.3, 0.4) is 0 Å². The fourth-order valence-corrected chi connectivity index (χ4v) is 13.1. The summed E-state index contributed by atoms with van der Waals surface area (Å²) in [6, 6.07) is 35.9. The second-order valence-corrected chi connectivity index (χ2v) is 20.2. The largest absolute Gasteiger partial charge is 0.407 e. The summed E-state index contributed by atoms with van der Waals surface area (Å²) in [7, 11) is -2.90. The highest BCUT2D eigenvalue weighted by Crippen LogP contribution is 2.51. The summed E-state index contributed by atoms with van der Waals surface area (Å²) in [5.41, 5.74) is -0.226. The normalized spacial score (nSPS) is 19.7. The maximum absolute atomic E-state index is 16.8. The van der Waals surface area contributed by atoms with Gasteiger partial charge < -0.3 is 9.16 Å². The van der Waals surface area contributed by atoms with Crippen LogP contribution in [0.4, 0.5) is 4.39 Å². The highest BCUT2D eigenvalue weighted by molar-refractivity contribution is 6.99. The maximum atomic E-state index is 16.8. The van der Waals surface area contributed by atoms with Gasteiger partial charge in [0.25, 0.3) is 14.2 Å². The summed E-state index contributed by atoms with van der Waals surface area (Å²) in [6.07, 6.45) is 3.31. The van der Waals surface area contributed by atoms with Crippen LogP contribution in [0.5, 0.6) is 0 Å². The van der Waals surface area contributed by atoms with E-state index in [-0.39, 0.29) is 40.0 Å². The molecule has 1 aliphatic heterocycles. The number of amides is 1. The van der Waals surface area contributed by atoms with Crippen LogP contribution in [0.25, 0.3) is 0 Å². The number of ketones is 1. The molecule has 1 aromatic heterocycles. The van der Waals surface area contributed by atoms with Gasteiger partial charge in [0.05, 0.1) is 35.0 Å². The predicted molar refractivity (Wildman–Crippen MR) is 213 cm³/mol. The molecule has 4 aromatic carbocycles. The molecule has 5 aromatic rings. The topological polar surface area (TPSA) is 92.5 Å². The standard InChI is InChI=1S/C45H43ClFN3O4Si/c1-30(51)33-24-39-42(40(47)25-33)45(34-19-21-35(46)22-20-34,50(43(39)52)28-36-23-18-31(26-48)27-49-36)54-41-17-11-12-32(41)29-53-55(44(2,3)4,37-13-7-5-8-14-37)38-15-9-6-10-16-38/h5-10,13-16,18-25,27,32,41H,11-12,17,28-29H2,1-4H3/t32-,41-,45+/m0/s1. The highest BCUT2D eigenvalue weighted by Gasteiger charge is 2.57. The van der Waals surface area contributed by atoms with E-state index in [2.05, 4.69) is 80.4 Å². The molecule has 1 fully saturated rings. The van der Waals surface area contributed by atoms with Gasteiger partial charge in [-0.05, 0) is 71.6 Å². The Morgan fingerprint density at radius 2 is 1.64 bits per heavy atom. The number of nitriles is 1. The molecule has 10 heteroatoms. The van der Waals surface area contributed by atoms with Crippen molar-refractivity contribution in [1.82, 2.24) is 9.88 Å². The Labute approximate surface area is 327 Å². The third-order valence-corrected chi connectivity index (χ3v) is 16.3. The summed E-state index contributed by atoms with van der Waals surface area (Å²) < 4.78 is 31.6. The first-order chi connectivity index (χ1) is 26.4. The number of ether oxygens (including phenoxy) is 1. The Morgan fingerprint density at radius 1 is 0.982 bits per heavy atom. The van der Waals surface area contributed by atoms with Gasteiger partial charge in [-0.3, -0.25) is 19.5 Å². The van der Waals surface area contributed by atoms with E-state index >= 15 is 4.39 Å². The third-order valence-electron chi connectivity index (χ3n) is 11.0. The fourth-order valence-electron chi connectivity index (χ4n) is 8.40. The number of aromatic nitrogens is 1. The lowest BCUT2D eigenvalue weighted by molar-refractivity contribution is -0.161. The summed E-state index contributed by atoms with van der Waals surface area (Å²) >= 11 is 6.41. The van der Waals surface area contributed by atoms with Crippen molar-refractivity contribution in [2.24, 2.45) is 5.92 Å². The minimum atomic E-state index is -2.90. The Hall–Kier alpha value is -4.98. The van der Waals surface area contributed by atoms with Crippen LogP contribution in [-0.2, 0) is 21.4 Å². The Morgan fingerprint density at radius 3 is 2.20 bits per heavy atom. The van der Waals surface area contributed by atoms with Gasteiger partial charge in [-0.1, -0.05) is 112 Å². The zero-order valence-corrected chi connectivity index (χ0v) is 33.1. The number of carbonyl (C=O) groups excluding carboxylic acids is 2. The molecule has 7 nitrogen and oxygen atoms in total. The van der Waals surface area contributed by atoms with Crippen molar-refractivity contribution >= 4 is 42.0 Å². The molecule has 0 bridgehead atoms. The van der Waals surface area contributed by atoms with Crippen molar-refractivity contribution in [3.05, 3.63) is 160 Å². The second-order valence-electron chi connectivity index (χ2n) is 15.5. The van der Waals surface area contributed by atoms with Gasteiger partial charge in [-0.2, -0.15) is 5.26 Å². The highest BCUT2D eigenvalue weighted by atomic mass is 35.5. The van der Waals surface area contributed by atoms with E-state index in [0.29, 0.717) is 34.9 Å². The molecular formula is C45H43ClFN3O4Si. The Bertz CT molecular complexity index is 2200. The number of Topliss-reactive ketones (excluding diaryl/α,β-unsaturated/α-hetero) is 1. The number of halogens is 2. The van der Waals surface area contributed by atoms with E-state index in [1.807, 2.05) is 12.1 Å². The Kier molecular flexibility index (Phi) is 10.6. The molecule has 2 aliphatic rings. The molecule has 55 heavy (non-hydrogen) atoms. The van der Waals surface area contributed by atoms with E-state index in [4.69, 9.17) is 20.8 Å². The van der Waals surface area contributed by atoms with Crippen LogP contribution in [-0.4, -0.2) is 42.6 Å². The zero-order valence-electron chi connectivity index (χ0n) is 31.4. The van der Waals surface area contributed by atoms with Crippen molar-refractivity contribution < 1.29 is 23.1 Å². The lowest BCUT2D eigenvalue weighted by Crippen LogP contribution is -2.67. The quantitative estimate of drug-likeness (QED) is 0.0988. The first-order valence-corrected chi connectivity index (χ1v) is 20.9. The van der Waals surface area contributed by atoms with E-state index in [0.717, 1.165) is 12.8 Å². The zero-order chi connectivity index (χ0) is 39.0. The summed E-state index contributed by atoms with van der Waals surface area (Å²) in [5, 5.41) is 12.0. The number of pyridine rings is 1. The van der Waals surface area contributed by atoms with Gasteiger partial charge in [0.1, 0.15) is 11.9 Å². The number of rotatable bonds is 11. The number of nitrogens with zero attached hydrogens (tertiary/aromatic N) is 3. The molecule has 2 heterocycles. The molecule has 1 amide bonds. The first-order valence-electron chi connectivity index (χ1n) is 18.6. The van der Waals surface area contributed by atoms with Crippen LogP contribution < -0.4 is 10.4 Å². The number of carbonyl (C=O) groups is 2. The van der Waals surface area contributed by atoms with Crippen LogP contribution >= 0.6 is 11.6 Å².